The van der Waals surface area contributed by atoms with Crippen molar-refractivity contribution in [3.63, 3.8) is 0 Å². The first-order chi connectivity index (χ1) is 14.7. The lowest BCUT2D eigenvalue weighted by atomic mass is 9.94. The standard InChI is InChI=1S/C25H28ClN3O/c26-24-16-8-7-10-20(24)18-28-17-9-15-23(28)19-29(22-13-5-2-6-14-22)25(30)27-21-11-3-1-4-12-21/h1,3-4,7-12,15-17,22H,2,5-6,13-14,18-19H2,(H,27,30). The number of para-hydroxylation sites is 1. The summed E-state index contributed by atoms with van der Waals surface area (Å²) in [6, 6.07) is 22.0. The number of carbonyl (C=O) groups excluding carboxylic acids is 1. The molecule has 2 aromatic carbocycles. The minimum absolute atomic E-state index is 0.0291. The number of halogens is 1. The predicted octanol–water partition coefficient (Wildman–Crippen LogP) is 6.56. The maximum Gasteiger partial charge on any atom is 0.322 e. The van der Waals surface area contributed by atoms with Gasteiger partial charge in [-0.1, -0.05) is 67.3 Å². The Balaban J connectivity index is 1.54. The van der Waals surface area contributed by atoms with Crippen LogP contribution in [-0.4, -0.2) is 21.5 Å². The Morgan fingerprint density at radius 3 is 2.47 bits per heavy atom. The van der Waals surface area contributed by atoms with E-state index in [1.54, 1.807) is 0 Å². The first-order valence-electron chi connectivity index (χ1n) is 10.7. The van der Waals surface area contributed by atoms with Crippen LogP contribution >= 0.6 is 11.6 Å². The lowest BCUT2D eigenvalue weighted by Crippen LogP contribution is -2.43. The second-order valence-electron chi connectivity index (χ2n) is 7.93. The number of carbonyl (C=O) groups is 1. The van der Waals surface area contributed by atoms with Crippen LogP contribution in [-0.2, 0) is 13.1 Å². The number of hydrogen-bond donors (Lipinski definition) is 1. The zero-order valence-electron chi connectivity index (χ0n) is 17.1. The second-order valence-corrected chi connectivity index (χ2v) is 8.34. The van der Waals surface area contributed by atoms with E-state index in [4.69, 9.17) is 11.6 Å². The topological polar surface area (TPSA) is 37.3 Å². The van der Waals surface area contributed by atoms with E-state index in [0.717, 1.165) is 34.8 Å². The Bertz CT molecular complexity index is 963. The third-order valence-electron chi connectivity index (χ3n) is 5.86. The van der Waals surface area contributed by atoms with Gasteiger partial charge in [0.05, 0.1) is 6.54 Å². The maximum atomic E-state index is 13.2. The summed E-state index contributed by atoms with van der Waals surface area (Å²) in [4.78, 5) is 15.3. The second kappa shape index (κ2) is 9.86. The molecule has 0 unspecified atom stereocenters. The number of nitrogens with one attached hydrogen (secondary N) is 1. The van der Waals surface area contributed by atoms with Crippen LogP contribution in [0, 0.1) is 0 Å². The zero-order valence-corrected chi connectivity index (χ0v) is 17.9. The summed E-state index contributed by atoms with van der Waals surface area (Å²) >= 11 is 6.37. The van der Waals surface area contributed by atoms with Gasteiger partial charge in [-0.25, -0.2) is 4.79 Å². The summed E-state index contributed by atoms with van der Waals surface area (Å²) in [6.07, 6.45) is 7.81. The molecule has 0 radical (unpaired) electrons. The molecule has 1 N–H and O–H groups in total. The van der Waals surface area contributed by atoms with Crippen molar-refractivity contribution in [2.45, 2.75) is 51.2 Å². The molecule has 30 heavy (non-hydrogen) atoms. The van der Waals surface area contributed by atoms with Crippen molar-refractivity contribution in [1.29, 1.82) is 0 Å². The van der Waals surface area contributed by atoms with Gasteiger partial charge in [0.2, 0.25) is 0 Å². The van der Waals surface area contributed by atoms with Gasteiger partial charge in [-0.3, -0.25) is 0 Å². The summed E-state index contributed by atoms with van der Waals surface area (Å²) in [5.41, 5.74) is 3.02. The quantitative estimate of drug-likeness (QED) is 0.481. The summed E-state index contributed by atoms with van der Waals surface area (Å²) < 4.78 is 2.19. The molecule has 1 heterocycles. The molecule has 1 fully saturated rings. The minimum atomic E-state index is -0.0291. The highest BCUT2D eigenvalue weighted by atomic mass is 35.5. The first kappa shape index (κ1) is 20.5. The molecule has 0 bridgehead atoms. The monoisotopic (exact) mass is 421 g/mol. The van der Waals surface area contributed by atoms with Gasteiger partial charge in [-0.15, -0.1) is 0 Å². The number of benzene rings is 2. The summed E-state index contributed by atoms with van der Waals surface area (Å²) in [5, 5.41) is 3.85. The van der Waals surface area contributed by atoms with Crippen molar-refractivity contribution in [3.05, 3.63) is 89.2 Å². The van der Waals surface area contributed by atoms with Crippen molar-refractivity contribution in [2.75, 3.05) is 5.32 Å². The van der Waals surface area contributed by atoms with E-state index in [1.807, 2.05) is 65.6 Å². The molecule has 0 atom stereocenters. The van der Waals surface area contributed by atoms with Gasteiger partial charge in [-0.05, 0) is 48.7 Å². The highest BCUT2D eigenvalue weighted by Gasteiger charge is 2.26. The highest BCUT2D eigenvalue weighted by Crippen LogP contribution is 2.26. The fraction of sp³-hybridized carbons (Fsp3) is 0.320. The molecule has 0 saturated heterocycles. The van der Waals surface area contributed by atoms with Crippen LogP contribution in [0.5, 0.6) is 0 Å². The molecule has 4 rings (SSSR count). The lowest BCUT2D eigenvalue weighted by Gasteiger charge is -2.34. The number of amides is 2. The molecule has 1 aliphatic rings. The number of anilines is 1. The van der Waals surface area contributed by atoms with Crippen molar-refractivity contribution in [3.8, 4) is 0 Å². The summed E-state index contributed by atoms with van der Waals surface area (Å²) in [5.74, 6) is 0. The van der Waals surface area contributed by atoms with Gasteiger partial charge in [0, 0.05) is 35.2 Å². The molecule has 0 aliphatic heterocycles. The van der Waals surface area contributed by atoms with Crippen molar-refractivity contribution in [1.82, 2.24) is 9.47 Å². The average molecular weight is 422 g/mol. The fourth-order valence-corrected chi connectivity index (χ4v) is 4.40. The molecule has 0 spiro atoms. The van der Waals surface area contributed by atoms with E-state index >= 15 is 0 Å². The number of hydrogen-bond acceptors (Lipinski definition) is 1. The van der Waals surface area contributed by atoms with Crippen LogP contribution in [0.2, 0.25) is 5.02 Å². The van der Waals surface area contributed by atoms with Gasteiger partial charge in [0.25, 0.3) is 0 Å². The number of rotatable bonds is 6. The van der Waals surface area contributed by atoms with Crippen LogP contribution in [0.15, 0.2) is 72.9 Å². The van der Waals surface area contributed by atoms with Crippen LogP contribution in [0.25, 0.3) is 0 Å². The average Bonchev–Trinajstić information content (AvgIpc) is 3.21. The largest absolute Gasteiger partial charge is 0.345 e. The van der Waals surface area contributed by atoms with Crippen LogP contribution in [0.1, 0.15) is 43.4 Å². The molecule has 156 valence electrons. The third-order valence-corrected chi connectivity index (χ3v) is 6.22. The normalized spacial score (nSPS) is 14.4. The Labute approximate surface area is 183 Å². The molecule has 5 heteroatoms. The van der Waals surface area contributed by atoms with Gasteiger partial charge in [0.1, 0.15) is 0 Å². The van der Waals surface area contributed by atoms with E-state index < -0.39 is 0 Å². The van der Waals surface area contributed by atoms with E-state index in [9.17, 15) is 4.79 Å². The minimum Gasteiger partial charge on any atom is -0.345 e. The van der Waals surface area contributed by atoms with Gasteiger partial charge in [-0.2, -0.15) is 0 Å². The summed E-state index contributed by atoms with van der Waals surface area (Å²) in [7, 11) is 0. The molecular weight excluding hydrogens is 394 g/mol. The van der Waals surface area contributed by atoms with Crippen LogP contribution < -0.4 is 5.32 Å². The van der Waals surface area contributed by atoms with Gasteiger partial charge >= 0.3 is 6.03 Å². The lowest BCUT2D eigenvalue weighted by molar-refractivity contribution is 0.161. The maximum absolute atomic E-state index is 13.2. The molecule has 1 aliphatic carbocycles. The molecule has 1 aromatic heterocycles. The number of urea groups is 1. The van der Waals surface area contributed by atoms with E-state index in [0.29, 0.717) is 13.1 Å². The molecule has 2 amide bonds. The summed E-state index contributed by atoms with van der Waals surface area (Å²) in [6.45, 7) is 1.28. The number of nitrogens with zero attached hydrogens (tertiary/aromatic N) is 2. The van der Waals surface area contributed by atoms with Crippen LogP contribution in [0.4, 0.5) is 10.5 Å². The Hall–Kier alpha value is -2.72. The van der Waals surface area contributed by atoms with E-state index in [2.05, 4.69) is 22.1 Å². The van der Waals surface area contributed by atoms with Gasteiger partial charge < -0.3 is 14.8 Å². The van der Waals surface area contributed by atoms with E-state index in [1.165, 1.54) is 19.3 Å². The van der Waals surface area contributed by atoms with Crippen molar-refractivity contribution in [2.24, 2.45) is 0 Å². The molecule has 4 nitrogen and oxygen atoms in total. The molecule has 3 aromatic rings. The first-order valence-corrected chi connectivity index (χ1v) is 11.1. The van der Waals surface area contributed by atoms with Crippen molar-refractivity contribution >= 4 is 23.3 Å². The molecule has 1 saturated carbocycles. The van der Waals surface area contributed by atoms with E-state index in [-0.39, 0.29) is 12.1 Å². The third kappa shape index (κ3) is 5.06. The predicted molar refractivity (Wildman–Crippen MR) is 123 cm³/mol. The van der Waals surface area contributed by atoms with Gasteiger partial charge in [0.15, 0.2) is 0 Å². The zero-order chi connectivity index (χ0) is 20.8. The Morgan fingerprint density at radius 2 is 1.70 bits per heavy atom. The smallest absolute Gasteiger partial charge is 0.322 e. The van der Waals surface area contributed by atoms with Crippen molar-refractivity contribution < 1.29 is 4.79 Å². The fourth-order valence-electron chi connectivity index (χ4n) is 4.21. The Kier molecular flexibility index (Phi) is 6.75. The molecular formula is C25H28ClN3O. The Morgan fingerprint density at radius 1 is 0.967 bits per heavy atom. The SMILES string of the molecule is O=C(Nc1ccccc1)N(Cc1cccn1Cc1ccccc1Cl)C1CCCCC1. The van der Waals surface area contributed by atoms with Crippen LogP contribution in [0.3, 0.4) is 0 Å². The highest BCUT2D eigenvalue weighted by molar-refractivity contribution is 6.31. The number of aromatic nitrogens is 1.